The summed E-state index contributed by atoms with van der Waals surface area (Å²) in [6.07, 6.45) is 1.23. The van der Waals surface area contributed by atoms with E-state index in [1.54, 1.807) is 0 Å². The van der Waals surface area contributed by atoms with Crippen molar-refractivity contribution in [2.45, 2.75) is 19.9 Å². The molecule has 1 aromatic rings. The van der Waals surface area contributed by atoms with Crippen molar-refractivity contribution in [3.63, 3.8) is 0 Å². The van der Waals surface area contributed by atoms with Crippen molar-refractivity contribution in [1.29, 1.82) is 0 Å². The van der Waals surface area contributed by atoms with Crippen LogP contribution in [0.15, 0.2) is 12.3 Å². The van der Waals surface area contributed by atoms with Gasteiger partial charge in [0, 0.05) is 12.2 Å². The van der Waals surface area contributed by atoms with E-state index in [4.69, 9.17) is 27.9 Å². The summed E-state index contributed by atoms with van der Waals surface area (Å²) < 4.78 is 4.79. The Morgan fingerprint density at radius 3 is 2.67 bits per heavy atom. The molecular weight excluding hydrogens is 279 g/mol. The second-order valence-electron chi connectivity index (χ2n) is 3.79. The average molecular weight is 291 g/mol. The number of ether oxygens (including phenoxy) is 1. The van der Waals surface area contributed by atoms with Gasteiger partial charge in [-0.2, -0.15) is 0 Å². The maximum Gasteiger partial charge on any atom is 0.340 e. The zero-order chi connectivity index (χ0) is 13.7. The molecule has 0 aliphatic rings. The molecule has 0 aliphatic heterocycles. The highest BCUT2D eigenvalue weighted by Gasteiger charge is 2.12. The molecule has 1 rings (SSSR count). The van der Waals surface area contributed by atoms with Gasteiger partial charge in [0.05, 0.1) is 10.6 Å². The number of hydrogen-bond acceptors (Lipinski definition) is 4. The van der Waals surface area contributed by atoms with E-state index in [0.29, 0.717) is 0 Å². The van der Waals surface area contributed by atoms with Gasteiger partial charge in [0.1, 0.15) is 5.15 Å². The van der Waals surface area contributed by atoms with Gasteiger partial charge in [0.15, 0.2) is 6.61 Å². The van der Waals surface area contributed by atoms with Gasteiger partial charge in [-0.05, 0) is 19.9 Å². The third-order valence-corrected chi connectivity index (χ3v) is 2.50. The maximum absolute atomic E-state index is 11.6. The van der Waals surface area contributed by atoms with E-state index in [-0.39, 0.29) is 34.3 Å². The lowest BCUT2D eigenvalue weighted by molar-refractivity contribution is -0.124. The fourth-order valence-electron chi connectivity index (χ4n) is 1.11. The second kappa shape index (κ2) is 6.56. The van der Waals surface area contributed by atoms with Crippen molar-refractivity contribution >= 4 is 35.1 Å². The fourth-order valence-corrected chi connectivity index (χ4v) is 1.38. The molecule has 0 saturated heterocycles. The molecule has 0 radical (unpaired) electrons. The highest BCUT2D eigenvalue weighted by Crippen LogP contribution is 2.19. The van der Waals surface area contributed by atoms with E-state index in [2.05, 4.69) is 10.3 Å². The lowest BCUT2D eigenvalue weighted by atomic mass is 10.3. The predicted molar refractivity (Wildman–Crippen MR) is 67.8 cm³/mol. The van der Waals surface area contributed by atoms with Crippen LogP contribution in [0.1, 0.15) is 24.2 Å². The Balaban J connectivity index is 2.55. The van der Waals surface area contributed by atoms with Crippen molar-refractivity contribution in [3.8, 4) is 0 Å². The Hall–Kier alpha value is -1.33. The summed E-state index contributed by atoms with van der Waals surface area (Å²) >= 11 is 11.3. The normalized spacial score (nSPS) is 10.3. The van der Waals surface area contributed by atoms with Gasteiger partial charge in [0.25, 0.3) is 5.91 Å². The Labute approximate surface area is 114 Å². The summed E-state index contributed by atoms with van der Waals surface area (Å²) in [7, 11) is 0. The first-order chi connectivity index (χ1) is 8.40. The fraction of sp³-hybridized carbons (Fsp3) is 0.364. The van der Waals surface area contributed by atoms with Gasteiger partial charge in [-0.25, -0.2) is 9.78 Å². The molecule has 0 saturated carbocycles. The van der Waals surface area contributed by atoms with Crippen molar-refractivity contribution < 1.29 is 14.3 Å². The molecule has 0 bridgehead atoms. The van der Waals surface area contributed by atoms with Crippen LogP contribution in [0.4, 0.5) is 0 Å². The number of esters is 1. The van der Waals surface area contributed by atoms with Gasteiger partial charge in [-0.1, -0.05) is 23.2 Å². The number of nitrogens with zero attached hydrogens (tertiary/aromatic N) is 1. The minimum atomic E-state index is -0.681. The van der Waals surface area contributed by atoms with E-state index in [0.717, 1.165) is 0 Å². The molecule has 7 heteroatoms. The van der Waals surface area contributed by atoms with Crippen LogP contribution in [0, 0.1) is 0 Å². The van der Waals surface area contributed by atoms with Gasteiger partial charge in [0.2, 0.25) is 0 Å². The maximum atomic E-state index is 11.6. The number of nitrogens with one attached hydrogen (secondary N) is 1. The molecule has 1 N–H and O–H groups in total. The Morgan fingerprint density at radius 1 is 1.44 bits per heavy atom. The van der Waals surface area contributed by atoms with Gasteiger partial charge in [-0.3, -0.25) is 4.79 Å². The molecule has 1 amide bonds. The highest BCUT2D eigenvalue weighted by molar-refractivity contribution is 6.41. The minimum absolute atomic E-state index is 0.0113. The number of hydrogen-bond donors (Lipinski definition) is 1. The number of halogens is 2. The van der Waals surface area contributed by atoms with Gasteiger partial charge >= 0.3 is 5.97 Å². The number of rotatable bonds is 4. The predicted octanol–water partition coefficient (Wildman–Crippen LogP) is 2.07. The molecule has 98 valence electrons. The van der Waals surface area contributed by atoms with Crippen molar-refractivity contribution in [2.24, 2.45) is 0 Å². The van der Waals surface area contributed by atoms with Gasteiger partial charge in [-0.15, -0.1) is 0 Å². The van der Waals surface area contributed by atoms with Crippen LogP contribution in [-0.2, 0) is 9.53 Å². The first kappa shape index (κ1) is 14.7. The van der Waals surface area contributed by atoms with E-state index in [9.17, 15) is 9.59 Å². The zero-order valence-corrected chi connectivity index (χ0v) is 11.4. The Morgan fingerprint density at radius 2 is 2.11 bits per heavy atom. The molecule has 0 atom stereocenters. The third-order valence-electron chi connectivity index (χ3n) is 1.82. The number of amides is 1. The summed E-state index contributed by atoms with van der Waals surface area (Å²) in [6, 6.07) is 1.32. The van der Waals surface area contributed by atoms with Crippen molar-refractivity contribution in [1.82, 2.24) is 10.3 Å². The molecule has 0 aliphatic carbocycles. The number of carbonyl (C=O) groups is 2. The topological polar surface area (TPSA) is 68.3 Å². The van der Waals surface area contributed by atoms with Crippen molar-refractivity contribution in [3.05, 3.63) is 28.0 Å². The van der Waals surface area contributed by atoms with Crippen LogP contribution in [0.2, 0.25) is 10.2 Å². The van der Waals surface area contributed by atoms with Crippen LogP contribution in [0.5, 0.6) is 0 Å². The molecule has 0 fully saturated rings. The Bertz CT molecular complexity index is 464. The van der Waals surface area contributed by atoms with Crippen LogP contribution in [-0.4, -0.2) is 29.5 Å². The molecular formula is C11H12Cl2N2O3. The smallest absolute Gasteiger partial charge is 0.340 e. The minimum Gasteiger partial charge on any atom is -0.452 e. The van der Waals surface area contributed by atoms with Crippen LogP contribution in [0.25, 0.3) is 0 Å². The Kier molecular flexibility index (Phi) is 5.37. The lowest BCUT2D eigenvalue weighted by Gasteiger charge is -2.08. The first-order valence-electron chi connectivity index (χ1n) is 5.17. The van der Waals surface area contributed by atoms with Gasteiger partial charge < -0.3 is 10.1 Å². The summed E-state index contributed by atoms with van der Waals surface area (Å²) in [5.74, 6) is -1.05. The number of carbonyl (C=O) groups excluding carboxylic acids is 2. The SMILES string of the molecule is CC(C)NC(=O)COC(=O)c1cnc(Cl)c(Cl)c1. The monoisotopic (exact) mass is 290 g/mol. The van der Waals surface area contributed by atoms with E-state index >= 15 is 0 Å². The standard InChI is InChI=1S/C11H12Cl2N2O3/c1-6(2)15-9(16)5-18-11(17)7-3-8(12)10(13)14-4-7/h3-4,6H,5H2,1-2H3,(H,15,16). The second-order valence-corrected chi connectivity index (χ2v) is 4.56. The molecule has 0 aromatic carbocycles. The lowest BCUT2D eigenvalue weighted by Crippen LogP contribution is -2.34. The first-order valence-corrected chi connectivity index (χ1v) is 5.93. The molecule has 1 aromatic heterocycles. The molecule has 18 heavy (non-hydrogen) atoms. The molecule has 1 heterocycles. The number of aromatic nitrogens is 1. The molecule has 5 nitrogen and oxygen atoms in total. The van der Waals surface area contributed by atoms with Crippen LogP contribution >= 0.6 is 23.2 Å². The summed E-state index contributed by atoms with van der Waals surface area (Å²) in [6.45, 7) is 3.27. The summed E-state index contributed by atoms with van der Waals surface area (Å²) in [5.41, 5.74) is 0.141. The zero-order valence-electron chi connectivity index (χ0n) is 9.87. The van der Waals surface area contributed by atoms with Crippen molar-refractivity contribution in [2.75, 3.05) is 6.61 Å². The quantitative estimate of drug-likeness (QED) is 0.681. The van der Waals surface area contributed by atoms with E-state index < -0.39 is 5.97 Å². The summed E-state index contributed by atoms with van der Waals surface area (Å²) in [5, 5.41) is 2.84. The molecule has 0 unspecified atom stereocenters. The van der Waals surface area contributed by atoms with Crippen LogP contribution in [0.3, 0.4) is 0 Å². The number of pyridine rings is 1. The molecule has 0 spiro atoms. The van der Waals surface area contributed by atoms with E-state index in [1.165, 1.54) is 12.3 Å². The highest BCUT2D eigenvalue weighted by atomic mass is 35.5. The van der Waals surface area contributed by atoms with E-state index in [1.807, 2.05) is 13.8 Å². The van der Waals surface area contributed by atoms with Crippen LogP contribution < -0.4 is 5.32 Å². The average Bonchev–Trinajstić information content (AvgIpc) is 2.28. The largest absolute Gasteiger partial charge is 0.452 e. The summed E-state index contributed by atoms with van der Waals surface area (Å²) in [4.78, 5) is 26.5. The third kappa shape index (κ3) is 4.50.